The highest BCUT2D eigenvalue weighted by atomic mass is 16.5. The molecular formula is C31H30N4O3. The smallest absolute Gasteiger partial charge is 0.261 e. The molecule has 0 saturated carbocycles. The average Bonchev–Trinajstić information content (AvgIpc) is 3.38. The van der Waals surface area contributed by atoms with E-state index in [4.69, 9.17) is 14.6 Å². The van der Waals surface area contributed by atoms with Crippen LogP contribution in [0.15, 0.2) is 90.6 Å². The molecule has 3 aromatic carbocycles. The van der Waals surface area contributed by atoms with Crippen molar-refractivity contribution in [2.45, 2.75) is 20.0 Å². The van der Waals surface area contributed by atoms with Crippen LogP contribution in [0, 0.1) is 18.3 Å². The number of carbonyl (C=O) groups excluding carboxylic acids is 1. The Labute approximate surface area is 223 Å². The van der Waals surface area contributed by atoms with Crippen molar-refractivity contribution in [2.75, 3.05) is 20.3 Å². The minimum atomic E-state index is -0.429. The minimum Gasteiger partial charge on any atom is -0.489 e. The standard InChI is InChI=1S/C31H30N4O3/c1-23-9-11-24(12-10-23)22-38-29-15-13-25(14-16-29)30-27(21-35(34-30)28-7-4-3-5-8-28)19-26(20-32)31(36)33-17-6-18-37-2/h3-5,7-16,19,21H,6,17-18,22H2,1-2H3,(H,33,36)/b26-19-. The molecule has 0 unspecified atom stereocenters. The number of nitriles is 1. The van der Waals surface area contributed by atoms with Gasteiger partial charge in [-0.15, -0.1) is 0 Å². The highest BCUT2D eigenvalue weighted by molar-refractivity contribution is 6.02. The van der Waals surface area contributed by atoms with E-state index in [9.17, 15) is 10.1 Å². The van der Waals surface area contributed by atoms with Crippen molar-refractivity contribution in [2.24, 2.45) is 0 Å². The number of para-hydroxylation sites is 1. The van der Waals surface area contributed by atoms with Gasteiger partial charge < -0.3 is 14.8 Å². The largest absolute Gasteiger partial charge is 0.489 e. The number of aromatic nitrogens is 2. The number of nitrogens with one attached hydrogen (secondary N) is 1. The van der Waals surface area contributed by atoms with Gasteiger partial charge >= 0.3 is 0 Å². The Morgan fingerprint density at radius 2 is 1.79 bits per heavy atom. The van der Waals surface area contributed by atoms with Crippen LogP contribution in [-0.2, 0) is 16.1 Å². The number of methoxy groups -OCH3 is 1. The van der Waals surface area contributed by atoms with Gasteiger partial charge in [0.1, 0.15) is 24.0 Å². The zero-order valence-corrected chi connectivity index (χ0v) is 21.6. The molecule has 0 aliphatic rings. The number of rotatable bonds is 11. The maximum atomic E-state index is 12.6. The van der Waals surface area contributed by atoms with Crippen LogP contribution in [0.3, 0.4) is 0 Å². The molecule has 192 valence electrons. The normalized spacial score (nSPS) is 11.1. The lowest BCUT2D eigenvalue weighted by atomic mass is 10.1. The molecule has 0 aliphatic heterocycles. The fourth-order valence-electron chi connectivity index (χ4n) is 3.81. The fourth-order valence-corrected chi connectivity index (χ4v) is 3.81. The van der Waals surface area contributed by atoms with E-state index in [1.165, 1.54) is 5.56 Å². The van der Waals surface area contributed by atoms with Gasteiger partial charge in [-0.2, -0.15) is 10.4 Å². The van der Waals surface area contributed by atoms with Gasteiger partial charge in [0, 0.05) is 37.6 Å². The average molecular weight is 507 g/mol. The predicted molar refractivity (Wildman–Crippen MR) is 148 cm³/mol. The van der Waals surface area contributed by atoms with Crippen molar-refractivity contribution >= 4 is 12.0 Å². The number of amides is 1. The van der Waals surface area contributed by atoms with Crippen molar-refractivity contribution < 1.29 is 14.3 Å². The van der Waals surface area contributed by atoms with Crippen molar-refractivity contribution in [3.05, 3.63) is 107 Å². The van der Waals surface area contributed by atoms with E-state index in [0.717, 1.165) is 22.6 Å². The molecule has 4 rings (SSSR count). The molecule has 1 N–H and O–H groups in total. The van der Waals surface area contributed by atoms with E-state index < -0.39 is 5.91 Å². The van der Waals surface area contributed by atoms with Crippen LogP contribution < -0.4 is 10.1 Å². The first-order chi connectivity index (χ1) is 18.6. The molecule has 1 heterocycles. The van der Waals surface area contributed by atoms with Crippen LogP contribution in [0.5, 0.6) is 5.75 Å². The van der Waals surface area contributed by atoms with E-state index in [0.29, 0.717) is 37.4 Å². The van der Waals surface area contributed by atoms with Crippen LogP contribution in [0.1, 0.15) is 23.1 Å². The summed E-state index contributed by atoms with van der Waals surface area (Å²) in [6, 6.07) is 27.6. The highest BCUT2D eigenvalue weighted by Crippen LogP contribution is 2.28. The number of hydrogen-bond donors (Lipinski definition) is 1. The Balaban J connectivity index is 1.59. The molecule has 1 amide bonds. The van der Waals surface area contributed by atoms with Crippen molar-refractivity contribution in [1.82, 2.24) is 15.1 Å². The molecule has 0 aliphatic carbocycles. The summed E-state index contributed by atoms with van der Waals surface area (Å²) >= 11 is 0. The summed E-state index contributed by atoms with van der Waals surface area (Å²) in [4.78, 5) is 12.6. The fraction of sp³-hybridized carbons (Fsp3) is 0.194. The summed E-state index contributed by atoms with van der Waals surface area (Å²) < 4.78 is 12.7. The molecule has 0 fully saturated rings. The first-order valence-corrected chi connectivity index (χ1v) is 12.4. The van der Waals surface area contributed by atoms with Gasteiger partial charge in [-0.3, -0.25) is 4.79 Å². The number of ether oxygens (including phenoxy) is 2. The topological polar surface area (TPSA) is 89.2 Å². The molecule has 0 radical (unpaired) electrons. The number of benzene rings is 3. The SMILES string of the molecule is COCCCNC(=O)/C(C#N)=C\c1cn(-c2ccccc2)nc1-c1ccc(OCc2ccc(C)cc2)cc1. The summed E-state index contributed by atoms with van der Waals surface area (Å²) in [7, 11) is 1.61. The van der Waals surface area contributed by atoms with Gasteiger partial charge in [0.25, 0.3) is 5.91 Å². The summed E-state index contributed by atoms with van der Waals surface area (Å²) in [5, 5.41) is 17.3. The minimum absolute atomic E-state index is 0.00864. The summed E-state index contributed by atoms with van der Waals surface area (Å²) in [6.45, 7) is 3.48. The van der Waals surface area contributed by atoms with Crippen LogP contribution in [-0.4, -0.2) is 35.9 Å². The lowest BCUT2D eigenvalue weighted by Gasteiger charge is -2.08. The van der Waals surface area contributed by atoms with Crippen LogP contribution in [0.25, 0.3) is 23.0 Å². The Morgan fingerprint density at radius 1 is 1.05 bits per heavy atom. The highest BCUT2D eigenvalue weighted by Gasteiger charge is 2.15. The molecule has 0 atom stereocenters. The van der Waals surface area contributed by atoms with Crippen molar-refractivity contribution in [3.8, 4) is 28.8 Å². The Kier molecular flexibility index (Phi) is 9.06. The Morgan fingerprint density at radius 3 is 2.47 bits per heavy atom. The summed E-state index contributed by atoms with van der Waals surface area (Å²) in [6.07, 6.45) is 4.06. The lowest BCUT2D eigenvalue weighted by molar-refractivity contribution is -0.117. The molecule has 38 heavy (non-hydrogen) atoms. The number of nitrogens with zero attached hydrogens (tertiary/aromatic N) is 3. The first kappa shape index (κ1) is 26.4. The third-order valence-electron chi connectivity index (χ3n) is 5.89. The first-order valence-electron chi connectivity index (χ1n) is 12.4. The van der Waals surface area contributed by atoms with Gasteiger partial charge in [0.05, 0.1) is 11.4 Å². The van der Waals surface area contributed by atoms with Gasteiger partial charge in [0.15, 0.2) is 0 Å². The second-order valence-corrected chi connectivity index (χ2v) is 8.78. The second-order valence-electron chi connectivity index (χ2n) is 8.78. The quantitative estimate of drug-likeness (QED) is 0.165. The van der Waals surface area contributed by atoms with Crippen LogP contribution in [0.2, 0.25) is 0 Å². The monoisotopic (exact) mass is 506 g/mol. The van der Waals surface area contributed by atoms with E-state index in [2.05, 4.69) is 36.5 Å². The van der Waals surface area contributed by atoms with E-state index in [1.54, 1.807) is 17.9 Å². The molecule has 0 bridgehead atoms. The molecule has 0 spiro atoms. The van der Waals surface area contributed by atoms with Crippen LogP contribution >= 0.6 is 0 Å². The van der Waals surface area contributed by atoms with Crippen molar-refractivity contribution in [1.29, 1.82) is 5.26 Å². The van der Waals surface area contributed by atoms with Crippen LogP contribution in [0.4, 0.5) is 0 Å². The molecule has 7 heteroatoms. The molecule has 7 nitrogen and oxygen atoms in total. The number of carbonyl (C=O) groups is 1. The predicted octanol–water partition coefficient (Wildman–Crippen LogP) is 5.49. The van der Waals surface area contributed by atoms with Gasteiger partial charge in [-0.1, -0.05) is 48.0 Å². The van der Waals surface area contributed by atoms with Gasteiger partial charge in [-0.25, -0.2) is 4.68 Å². The van der Waals surface area contributed by atoms with Gasteiger partial charge in [-0.05, 0) is 61.4 Å². The maximum Gasteiger partial charge on any atom is 0.261 e. The molecule has 0 saturated heterocycles. The number of hydrogen-bond acceptors (Lipinski definition) is 5. The van der Waals surface area contributed by atoms with Crippen molar-refractivity contribution in [3.63, 3.8) is 0 Å². The van der Waals surface area contributed by atoms with Gasteiger partial charge in [0.2, 0.25) is 0 Å². The third-order valence-corrected chi connectivity index (χ3v) is 5.89. The zero-order valence-electron chi connectivity index (χ0n) is 21.6. The Bertz CT molecular complexity index is 1420. The molecule has 4 aromatic rings. The second kappa shape index (κ2) is 13.0. The summed E-state index contributed by atoms with van der Waals surface area (Å²) in [5.74, 6) is 0.309. The van der Waals surface area contributed by atoms with E-state index in [1.807, 2.05) is 66.9 Å². The zero-order chi connectivity index (χ0) is 26.7. The molecule has 1 aromatic heterocycles. The maximum absolute atomic E-state index is 12.6. The number of aryl methyl sites for hydroxylation is 1. The van der Waals surface area contributed by atoms with E-state index >= 15 is 0 Å². The molecular weight excluding hydrogens is 476 g/mol. The Hall–Kier alpha value is -4.67. The lowest BCUT2D eigenvalue weighted by Crippen LogP contribution is -2.26. The third kappa shape index (κ3) is 6.96. The van der Waals surface area contributed by atoms with E-state index in [-0.39, 0.29) is 5.57 Å². The summed E-state index contributed by atoms with van der Waals surface area (Å²) in [5.41, 5.74) is 5.33.